The van der Waals surface area contributed by atoms with Crippen molar-refractivity contribution in [3.63, 3.8) is 0 Å². The third-order valence-electron chi connectivity index (χ3n) is 3.30. The molecule has 0 saturated carbocycles. The van der Waals surface area contributed by atoms with Crippen LogP contribution in [0, 0.1) is 0 Å². The van der Waals surface area contributed by atoms with Gasteiger partial charge in [0, 0.05) is 20.6 Å². The summed E-state index contributed by atoms with van der Waals surface area (Å²) in [5, 5.41) is 4.36. The molecule has 0 aliphatic heterocycles. The van der Waals surface area contributed by atoms with E-state index in [1.54, 1.807) is 11.3 Å². The van der Waals surface area contributed by atoms with Crippen molar-refractivity contribution in [2.75, 3.05) is 5.32 Å². The van der Waals surface area contributed by atoms with Crippen LogP contribution in [0.25, 0.3) is 11.3 Å². The summed E-state index contributed by atoms with van der Waals surface area (Å²) in [6.07, 6.45) is 2.18. The van der Waals surface area contributed by atoms with Crippen LogP contribution in [0.4, 0.5) is 10.8 Å². The molecule has 0 bridgehead atoms. The number of nitrogens with one attached hydrogen (secondary N) is 1. The monoisotopic (exact) mass is 372 g/mol. The van der Waals surface area contributed by atoms with E-state index in [0.717, 1.165) is 33.8 Å². The van der Waals surface area contributed by atoms with E-state index in [-0.39, 0.29) is 0 Å². The van der Waals surface area contributed by atoms with Crippen LogP contribution in [0.3, 0.4) is 0 Å². The maximum absolute atomic E-state index is 4.82. The SMILES string of the molecule is CCCc1sc(Nc2cccc(Br)c2)nc1-c1ccccc1. The molecule has 0 radical (unpaired) electrons. The van der Waals surface area contributed by atoms with E-state index in [9.17, 15) is 0 Å². The zero-order chi connectivity index (χ0) is 15.4. The van der Waals surface area contributed by atoms with Gasteiger partial charge in [0.25, 0.3) is 0 Å². The molecule has 4 heteroatoms. The maximum Gasteiger partial charge on any atom is 0.187 e. The van der Waals surface area contributed by atoms with Crippen molar-refractivity contribution >= 4 is 38.1 Å². The molecule has 0 aliphatic rings. The number of benzene rings is 2. The van der Waals surface area contributed by atoms with E-state index in [2.05, 4.69) is 58.5 Å². The second kappa shape index (κ2) is 7.07. The summed E-state index contributed by atoms with van der Waals surface area (Å²) in [6.45, 7) is 2.20. The predicted octanol–water partition coefficient (Wildman–Crippen LogP) is 6.27. The van der Waals surface area contributed by atoms with Crippen molar-refractivity contribution in [2.24, 2.45) is 0 Å². The first-order valence-electron chi connectivity index (χ1n) is 7.34. The summed E-state index contributed by atoms with van der Waals surface area (Å²) in [5.74, 6) is 0. The first-order valence-corrected chi connectivity index (χ1v) is 8.95. The lowest BCUT2D eigenvalue weighted by Gasteiger charge is -2.02. The number of halogens is 1. The van der Waals surface area contributed by atoms with Crippen LogP contribution in [0.5, 0.6) is 0 Å². The van der Waals surface area contributed by atoms with Crippen LogP contribution < -0.4 is 5.32 Å². The maximum atomic E-state index is 4.82. The average molecular weight is 373 g/mol. The van der Waals surface area contributed by atoms with Crippen molar-refractivity contribution < 1.29 is 0 Å². The average Bonchev–Trinajstić information content (AvgIpc) is 2.91. The minimum Gasteiger partial charge on any atom is -0.331 e. The predicted molar refractivity (Wildman–Crippen MR) is 99.0 cm³/mol. The van der Waals surface area contributed by atoms with Gasteiger partial charge in [0.15, 0.2) is 5.13 Å². The Hall–Kier alpha value is -1.65. The van der Waals surface area contributed by atoms with Crippen LogP contribution in [0.2, 0.25) is 0 Å². The fourth-order valence-corrected chi connectivity index (χ4v) is 3.82. The zero-order valence-electron chi connectivity index (χ0n) is 12.3. The van der Waals surface area contributed by atoms with Crippen LogP contribution >= 0.6 is 27.3 Å². The molecule has 0 unspecified atom stereocenters. The lowest BCUT2D eigenvalue weighted by molar-refractivity contribution is 0.938. The van der Waals surface area contributed by atoms with E-state index in [1.165, 1.54) is 10.4 Å². The molecule has 2 aromatic carbocycles. The third-order valence-corrected chi connectivity index (χ3v) is 4.82. The standard InChI is InChI=1S/C18H17BrN2S/c1-2-7-16-17(13-8-4-3-5-9-13)21-18(22-16)20-15-11-6-10-14(19)12-15/h3-6,8-12H,2,7H2,1H3,(H,20,21). The van der Waals surface area contributed by atoms with Crippen LogP contribution in [0.1, 0.15) is 18.2 Å². The topological polar surface area (TPSA) is 24.9 Å². The van der Waals surface area contributed by atoms with Gasteiger partial charge in [0.2, 0.25) is 0 Å². The normalized spacial score (nSPS) is 10.6. The molecule has 0 spiro atoms. The molecule has 0 aliphatic carbocycles. The number of rotatable bonds is 5. The minimum atomic E-state index is 0.945. The van der Waals surface area contributed by atoms with Crippen molar-refractivity contribution in [3.8, 4) is 11.3 Å². The van der Waals surface area contributed by atoms with E-state index in [1.807, 2.05) is 24.3 Å². The zero-order valence-corrected chi connectivity index (χ0v) is 14.7. The number of hydrogen-bond donors (Lipinski definition) is 1. The molecule has 0 amide bonds. The second-order valence-corrected chi connectivity index (χ2v) is 7.04. The molecule has 3 rings (SSSR count). The van der Waals surface area contributed by atoms with Crippen LogP contribution in [0.15, 0.2) is 59.1 Å². The van der Waals surface area contributed by atoms with Gasteiger partial charge in [-0.15, -0.1) is 11.3 Å². The fourth-order valence-electron chi connectivity index (χ4n) is 2.31. The summed E-state index contributed by atoms with van der Waals surface area (Å²) in [4.78, 5) is 6.16. The van der Waals surface area contributed by atoms with Gasteiger partial charge in [-0.3, -0.25) is 0 Å². The van der Waals surface area contributed by atoms with E-state index < -0.39 is 0 Å². The molecule has 3 aromatic rings. The highest BCUT2D eigenvalue weighted by Gasteiger charge is 2.12. The smallest absolute Gasteiger partial charge is 0.187 e. The van der Waals surface area contributed by atoms with Gasteiger partial charge in [-0.05, 0) is 24.6 Å². The number of anilines is 2. The van der Waals surface area contributed by atoms with Gasteiger partial charge in [-0.25, -0.2) is 4.98 Å². The Kier molecular flexibility index (Phi) is 4.90. The molecule has 22 heavy (non-hydrogen) atoms. The van der Waals surface area contributed by atoms with Gasteiger partial charge >= 0.3 is 0 Å². The summed E-state index contributed by atoms with van der Waals surface area (Å²) < 4.78 is 1.06. The summed E-state index contributed by atoms with van der Waals surface area (Å²) in [5.41, 5.74) is 3.33. The van der Waals surface area contributed by atoms with Gasteiger partial charge < -0.3 is 5.32 Å². The number of aromatic nitrogens is 1. The van der Waals surface area contributed by atoms with Gasteiger partial charge in [0.05, 0.1) is 5.69 Å². The first-order chi connectivity index (χ1) is 10.8. The lowest BCUT2D eigenvalue weighted by Crippen LogP contribution is -1.89. The van der Waals surface area contributed by atoms with E-state index in [0.29, 0.717) is 0 Å². The Morgan fingerprint density at radius 3 is 2.64 bits per heavy atom. The van der Waals surface area contributed by atoms with Crippen LogP contribution in [-0.2, 0) is 6.42 Å². The van der Waals surface area contributed by atoms with Crippen molar-refractivity contribution in [3.05, 3.63) is 63.9 Å². The van der Waals surface area contributed by atoms with Gasteiger partial charge in [0.1, 0.15) is 0 Å². The van der Waals surface area contributed by atoms with E-state index in [4.69, 9.17) is 4.98 Å². The van der Waals surface area contributed by atoms with Gasteiger partial charge in [-0.2, -0.15) is 0 Å². The Bertz CT molecular complexity index is 753. The minimum absolute atomic E-state index is 0.945. The molecular formula is C18H17BrN2S. The fraction of sp³-hybridized carbons (Fsp3) is 0.167. The Morgan fingerprint density at radius 2 is 1.91 bits per heavy atom. The molecular weight excluding hydrogens is 356 g/mol. The summed E-state index contributed by atoms with van der Waals surface area (Å²) in [7, 11) is 0. The molecule has 112 valence electrons. The lowest BCUT2D eigenvalue weighted by atomic mass is 10.1. The number of aryl methyl sites for hydroxylation is 1. The van der Waals surface area contributed by atoms with Gasteiger partial charge in [-0.1, -0.05) is 65.7 Å². The number of hydrogen-bond acceptors (Lipinski definition) is 3. The van der Waals surface area contributed by atoms with E-state index >= 15 is 0 Å². The molecule has 0 atom stereocenters. The van der Waals surface area contributed by atoms with Crippen LogP contribution in [-0.4, -0.2) is 4.98 Å². The Balaban J connectivity index is 1.93. The van der Waals surface area contributed by atoms with Crippen molar-refractivity contribution in [1.29, 1.82) is 0 Å². The Labute approximate surface area is 143 Å². The van der Waals surface area contributed by atoms with Crippen molar-refractivity contribution in [2.45, 2.75) is 19.8 Å². The molecule has 1 aromatic heterocycles. The summed E-state index contributed by atoms with van der Waals surface area (Å²) in [6, 6.07) is 18.6. The third kappa shape index (κ3) is 3.57. The quantitative estimate of drug-likeness (QED) is 0.570. The molecule has 1 heterocycles. The number of thiazole rings is 1. The number of nitrogens with zero attached hydrogens (tertiary/aromatic N) is 1. The Morgan fingerprint density at radius 1 is 1.09 bits per heavy atom. The highest BCUT2D eigenvalue weighted by atomic mass is 79.9. The summed E-state index contributed by atoms with van der Waals surface area (Å²) >= 11 is 5.24. The first kappa shape index (κ1) is 15.3. The highest BCUT2D eigenvalue weighted by Crippen LogP contribution is 2.33. The highest BCUT2D eigenvalue weighted by molar-refractivity contribution is 9.10. The molecule has 1 N–H and O–H groups in total. The van der Waals surface area contributed by atoms with Crippen molar-refractivity contribution in [1.82, 2.24) is 4.98 Å². The second-order valence-electron chi connectivity index (χ2n) is 5.04. The largest absolute Gasteiger partial charge is 0.331 e. The molecule has 0 fully saturated rings. The molecule has 2 nitrogen and oxygen atoms in total. The molecule has 0 saturated heterocycles.